The van der Waals surface area contributed by atoms with Crippen molar-refractivity contribution in [1.29, 1.82) is 0 Å². The second-order valence-electron chi connectivity index (χ2n) is 6.03. The normalized spacial score (nSPS) is 12.5. The Balaban J connectivity index is 1.50. The quantitative estimate of drug-likeness (QED) is 0.726. The number of likely N-dealkylation sites (N-methyl/N-ethyl adjacent to an activating group) is 1. The van der Waals surface area contributed by atoms with Crippen LogP contribution in [0.5, 0.6) is 5.75 Å². The van der Waals surface area contributed by atoms with Gasteiger partial charge in [-0.25, -0.2) is 0 Å². The van der Waals surface area contributed by atoms with E-state index in [9.17, 15) is 5.11 Å². The van der Waals surface area contributed by atoms with Crippen LogP contribution in [0.2, 0.25) is 0 Å². The molecule has 0 aliphatic heterocycles. The molecular weight excluding hydrogens is 300 g/mol. The van der Waals surface area contributed by atoms with E-state index >= 15 is 0 Å². The molecule has 4 heteroatoms. The van der Waals surface area contributed by atoms with E-state index in [-0.39, 0.29) is 6.61 Å². The van der Waals surface area contributed by atoms with Gasteiger partial charge in [-0.1, -0.05) is 36.4 Å². The van der Waals surface area contributed by atoms with E-state index in [4.69, 9.17) is 4.74 Å². The fourth-order valence-electron chi connectivity index (χ4n) is 2.73. The van der Waals surface area contributed by atoms with Gasteiger partial charge < -0.3 is 9.84 Å². The average molecular weight is 322 g/mol. The van der Waals surface area contributed by atoms with Crippen molar-refractivity contribution in [3.8, 4) is 5.75 Å². The SMILES string of the molecule is CN(Cc1cccnc1)CC(O)COc1ccc2ccccc2c1. The van der Waals surface area contributed by atoms with Gasteiger partial charge in [0.15, 0.2) is 0 Å². The zero-order chi connectivity index (χ0) is 16.8. The number of aliphatic hydroxyl groups is 1. The predicted octanol–water partition coefficient (Wildman–Crippen LogP) is 3.11. The van der Waals surface area contributed by atoms with Gasteiger partial charge >= 0.3 is 0 Å². The molecule has 24 heavy (non-hydrogen) atoms. The zero-order valence-corrected chi connectivity index (χ0v) is 13.8. The molecule has 0 aliphatic carbocycles. The Morgan fingerprint density at radius 3 is 2.71 bits per heavy atom. The number of hydrogen-bond acceptors (Lipinski definition) is 4. The second-order valence-corrected chi connectivity index (χ2v) is 6.03. The topological polar surface area (TPSA) is 45.6 Å². The van der Waals surface area contributed by atoms with Gasteiger partial charge in [0.25, 0.3) is 0 Å². The predicted molar refractivity (Wildman–Crippen MR) is 96.0 cm³/mol. The number of rotatable bonds is 7. The van der Waals surface area contributed by atoms with Crippen LogP contribution in [-0.2, 0) is 6.54 Å². The van der Waals surface area contributed by atoms with E-state index in [1.807, 2.05) is 55.7 Å². The molecule has 1 N–H and O–H groups in total. The van der Waals surface area contributed by atoms with Crippen molar-refractivity contribution < 1.29 is 9.84 Å². The van der Waals surface area contributed by atoms with Crippen LogP contribution in [0.25, 0.3) is 10.8 Å². The van der Waals surface area contributed by atoms with E-state index in [0.29, 0.717) is 6.54 Å². The lowest BCUT2D eigenvalue weighted by atomic mass is 10.1. The van der Waals surface area contributed by atoms with Gasteiger partial charge in [0.05, 0.1) is 0 Å². The van der Waals surface area contributed by atoms with Crippen LogP contribution < -0.4 is 4.74 Å². The minimum absolute atomic E-state index is 0.274. The van der Waals surface area contributed by atoms with E-state index in [2.05, 4.69) is 22.0 Å². The lowest BCUT2D eigenvalue weighted by molar-refractivity contribution is 0.0744. The number of aromatic nitrogens is 1. The van der Waals surface area contributed by atoms with Gasteiger partial charge in [-0.15, -0.1) is 0 Å². The average Bonchev–Trinajstić information content (AvgIpc) is 2.60. The fourth-order valence-corrected chi connectivity index (χ4v) is 2.73. The fraction of sp³-hybridized carbons (Fsp3) is 0.250. The first-order valence-corrected chi connectivity index (χ1v) is 8.08. The van der Waals surface area contributed by atoms with Crippen molar-refractivity contribution >= 4 is 10.8 Å². The number of benzene rings is 2. The van der Waals surface area contributed by atoms with Crippen LogP contribution in [0, 0.1) is 0 Å². The molecule has 3 aromatic rings. The molecule has 3 rings (SSSR count). The monoisotopic (exact) mass is 322 g/mol. The van der Waals surface area contributed by atoms with Crippen molar-refractivity contribution in [2.75, 3.05) is 20.2 Å². The van der Waals surface area contributed by atoms with Crippen LogP contribution >= 0.6 is 0 Å². The molecule has 0 amide bonds. The molecule has 0 spiro atoms. The van der Waals surface area contributed by atoms with Gasteiger partial charge in [-0.3, -0.25) is 9.88 Å². The first-order valence-electron chi connectivity index (χ1n) is 8.08. The molecule has 0 bridgehead atoms. The molecule has 1 heterocycles. The Bertz CT molecular complexity index is 777. The Morgan fingerprint density at radius 1 is 1.08 bits per heavy atom. The Labute approximate surface area is 142 Å². The maximum atomic E-state index is 10.2. The largest absolute Gasteiger partial charge is 0.491 e. The van der Waals surface area contributed by atoms with Crippen molar-refractivity contribution in [3.05, 3.63) is 72.6 Å². The molecule has 0 aliphatic rings. The molecule has 1 atom stereocenters. The van der Waals surface area contributed by atoms with Crippen molar-refractivity contribution in [3.63, 3.8) is 0 Å². The summed E-state index contributed by atoms with van der Waals surface area (Å²) in [6.45, 7) is 1.57. The molecule has 124 valence electrons. The lowest BCUT2D eigenvalue weighted by Crippen LogP contribution is -2.32. The first-order chi connectivity index (χ1) is 11.7. The lowest BCUT2D eigenvalue weighted by Gasteiger charge is -2.20. The standard InChI is InChI=1S/C20H22N2O2/c1-22(13-16-5-4-10-21-12-16)14-19(23)15-24-20-9-8-17-6-2-3-7-18(17)11-20/h2-12,19,23H,13-15H2,1H3. The Morgan fingerprint density at radius 2 is 1.92 bits per heavy atom. The molecule has 0 radical (unpaired) electrons. The Kier molecular flexibility index (Phi) is 5.41. The minimum atomic E-state index is -0.543. The summed E-state index contributed by atoms with van der Waals surface area (Å²) in [5.41, 5.74) is 1.13. The molecule has 2 aromatic carbocycles. The molecule has 1 unspecified atom stereocenters. The number of aliphatic hydroxyl groups excluding tert-OH is 1. The maximum Gasteiger partial charge on any atom is 0.120 e. The van der Waals surface area contributed by atoms with E-state index in [0.717, 1.165) is 23.2 Å². The van der Waals surface area contributed by atoms with Crippen LogP contribution in [0.3, 0.4) is 0 Å². The summed E-state index contributed by atoms with van der Waals surface area (Å²) in [5.74, 6) is 0.780. The highest BCUT2D eigenvalue weighted by Crippen LogP contribution is 2.20. The van der Waals surface area contributed by atoms with E-state index in [1.165, 1.54) is 5.39 Å². The van der Waals surface area contributed by atoms with Gasteiger partial charge in [0.2, 0.25) is 0 Å². The smallest absolute Gasteiger partial charge is 0.120 e. The summed E-state index contributed by atoms with van der Waals surface area (Å²) in [7, 11) is 1.98. The zero-order valence-electron chi connectivity index (χ0n) is 13.8. The third-order valence-electron chi connectivity index (χ3n) is 3.86. The Hall–Kier alpha value is -2.43. The molecule has 4 nitrogen and oxygen atoms in total. The van der Waals surface area contributed by atoms with Crippen molar-refractivity contribution in [2.24, 2.45) is 0 Å². The molecule has 0 saturated heterocycles. The number of hydrogen-bond donors (Lipinski definition) is 1. The summed E-state index contributed by atoms with van der Waals surface area (Å²) in [6, 6.07) is 18.1. The maximum absolute atomic E-state index is 10.2. The van der Waals surface area contributed by atoms with Crippen molar-refractivity contribution in [1.82, 2.24) is 9.88 Å². The van der Waals surface area contributed by atoms with Crippen LogP contribution in [0.1, 0.15) is 5.56 Å². The van der Waals surface area contributed by atoms with Gasteiger partial charge in [0, 0.05) is 25.5 Å². The molecular formula is C20H22N2O2. The minimum Gasteiger partial charge on any atom is -0.491 e. The number of fused-ring (bicyclic) bond motifs is 1. The molecule has 0 saturated carbocycles. The van der Waals surface area contributed by atoms with Crippen LogP contribution in [-0.4, -0.2) is 41.3 Å². The molecule has 1 aromatic heterocycles. The summed E-state index contributed by atoms with van der Waals surface area (Å²) in [4.78, 5) is 6.16. The first kappa shape index (κ1) is 16.4. The summed E-state index contributed by atoms with van der Waals surface area (Å²) >= 11 is 0. The van der Waals surface area contributed by atoms with Gasteiger partial charge in [-0.05, 0) is 41.6 Å². The van der Waals surface area contributed by atoms with Crippen LogP contribution in [0.15, 0.2) is 67.0 Å². The van der Waals surface area contributed by atoms with Crippen LogP contribution in [0.4, 0.5) is 0 Å². The number of ether oxygens (including phenoxy) is 1. The van der Waals surface area contributed by atoms with E-state index < -0.39 is 6.10 Å². The van der Waals surface area contributed by atoms with Crippen molar-refractivity contribution in [2.45, 2.75) is 12.6 Å². The third-order valence-corrected chi connectivity index (χ3v) is 3.86. The second kappa shape index (κ2) is 7.90. The van der Waals surface area contributed by atoms with Gasteiger partial charge in [0.1, 0.15) is 18.5 Å². The summed E-state index contributed by atoms with van der Waals surface area (Å²) in [6.07, 6.45) is 3.06. The van der Waals surface area contributed by atoms with Gasteiger partial charge in [-0.2, -0.15) is 0 Å². The summed E-state index contributed by atoms with van der Waals surface area (Å²) in [5, 5.41) is 12.5. The summed E-state index contributed by atoms with van der Waals surface area (Å²) < 4.78 is 5.74. The highest BCUT2D eigenvalue weighted by Gasteiger charge is 2.10. The number of pyridine rings is 1. The highest BCUT2D eigenvalue weighted by molar-refractivity contribution is 5.83. The van der Waals surface area contributed by atoms with E-state index in [1.54, 1.807) is 6.20 Å². The highest BCUT2D eigenvalue weighted by atomic mass is 16.5. The third kappa shape index (κ3) is 4.54. The number of nitrogens with zero attached hydrogens (tertiary/aromatic N) is 2. The molecule has 0 fully saturated rings.